The Labute approximate surface area is 34.1 Å². The molecule has 0 saturated heterocycles. The van der Waals surface area contributed by atoms with Crippen LogP contribution in [-0.2, 0) is 0 Å². The quantitative estimate of drug-likeness (QED) is 0.452. The first kappa shape index (κ1) is 4.54. The van der Waals surface area contributed by atoms with Gasteiger partial charge in [0.2, 0.25) is 0 Å². The fourth-order valence-corrected chi connectivity index (χ4v) is 0. The van der Waals surface area contributed by atoms with Gasteiger partial charge in [-0.15, -0.1) is 0 Å². The van der Waals surface area contributed by atoms with Crippen molar-refractivity contribution in [3.63, 3.8) is 0 Å². The molecule has 0 aliphatic carbocycles. The van der Waals surface area contributed by atoms with Crippen LogP contribution in [0.3, 0.4) is 0 Å². The molecule has 0 aliphatic rings. The van der Waals surface area contributed by atoms with Crippen molar-refractivity contribution in [2.24, 2.45) is 0 Å². The second-order valence-corrected chi connectivity index (χ2v) is 3.67. The van der Waals surface area contributed by atoms with E-state index < -0.39 is 0 Å². The van der Waals surface area contributed by atoms with Crippen molar-refractivity contribution >= 4 is 15.4 Å². The summed E-state index contributed by atoms with van der Waals surface area (Å²) in [4.78, 5) is 0. The van der Waals surface area contributed by atoms with E-state index in [0.717, 1.165) is 0 Å². The van der Waals surface area contributed by atoms with Gasteiger partial charge in [0.05, 0.1) is 0 Å². The minimum atomic E-state index is 0.514. The molecule has 24 valence electrons. The van der Waals surface area contributed by atoms with Crippen LogP contribution in [0.1, 0.15) is 6.92 Å². The van der Waals surface area contributed by atoms with E-state index in [1.807, 2.05) is 0 Å². The summed E-state index contributed by atoms with van der Waals surface area (Å²) >= 11 is 0.514. The number of hydrogen-bond acceptors (Lipinski definition) is 0. The van der Waals surface area contributed by atoms with Crippen LogP contribution in [0, 0.1) is 0 Å². The van der Waals surface area contributed by atoms with Crippen LogP contribution in [0.5, 0.6) is 0 Å². The summed E-state index contributed by atoms with van der Waals surface area (Å²) in [5, 5.41) is 1.44. The molecular weight excluding hydrogens is 109 g/mol. The molecule has 0 aromatic heterocycles. The first-order chi connectivity index (χ1) is 1.91. The van der Waals surface area contributed by atoms with Gasteiger partial charge in [-0.05, 0) is 0 Å². The van der Waals surface area contributed by atoms with E-state index in [-0.39, 0.29) is 0 Å². The molecule has 0 aromatic carbocycles. The van der Waals surface area contributed by atoms with Crippen LogP contribution >= 0.6 is 0 Å². The maximum absolute atomic E-state index is 2.31. The van der Waals surface area contributed by atoms with Crippen LogP contribution in [-0.4, -0.2) is 15.4 Å². The van der Waals surface area contributed by atoms with E-state index in [1.54, 1.807) is 0 Å². The summed E-state index contributed by atoms with van der Waals surface area (Å²) in [6, 6.07) is 0. The SMILES string of the molecule is C[CH2][Ge][CH3]. The van der Waals surface area contributed by atoms with Gasteiger partial charge in [0, 0.05) is 0 Å². The summed E-state index contributed by atoms with van der Waals surface area (Å²) in [7, 11) is 0. The van der Waals surface area contributed by atoms with Crippen LogP contribution < -0.4 is 0 Å². The van der Waals surface area contributed by atoms with Gasteiger partial charge in [0.1, 0.15) is 0 Å². The van der Waals surface area contributed by atoms with Gasteiger partial charge >= 0.3 is 33.4 Å². The molecule has 4 heavy (non-hydrogen) atoms. The van der Waals surface area contributed by atoms with Crippen LogP contribution in [0.15, 0.2) is 0 Å². The molecule has 0 spiro atoms. The van der Waals surface area contributed by atoms with Crippen LogP contribution in [0.2, 0.25) is 11.0 Å². The second-order valence-electron chi connectivity index (χ2n) is 0.707. The zero-order valence-corrected chi connectivity index (χ0v) is 5.31. The molecular formula is C3H8Ge. The molecule has 0 bridgehead atoms. The van der Waals surface area contributed by atoms with Crippen molar-refractivity contribution < 1.29 is 0 Å². The van der Waals surface area contributed by atoms with Crippen molar-refractivity contribution in [3.8, 4) is 0 Å². The van der Waals surface area contributed by atoms with E-state index >= 15 is 0 Å². The van der Waals surface area contributed by atoms with Gasteiger partial charge in [-0.25, -0.2) is 0 Å². The maximum atomic E-state index is 2.31. The average Bonchev–Trinajstić information content (AvgIpc) is 1.37. The molecule has 0 fully saturated rings. The molecule has 0 aromatic rings. The normalized spacial score (nSPS) is 7.50. The van der Waals surface area contributed by atoms with Crippen molar-refractivity contribution in [3.05, 3.63) is 0 Å². The monoisotopic (exact) mass is 118 g/mol. The molecule has 0 amide bonds. The Balaban J connectivity index is 1.97. The third kappa shape index (κ3) is 2.54. The average molecular weight is 117 g/mol. The van der Waals surface area contributed by atoms with Gasteiger partial charge in [-0.2, -0.15) is 0 Å². The Kier molecular flexibility index (Phi) is 4.02. The van der Waals surface area contributed by atoms with Gasteiger partial charge in [0.25, 0.3) is 0 Å². The van der Waals surface area contributed by atoms with Crippen molar-refractivity contribution in [1.82, 2.24) is 0 Å². The fourth-order valence-electron chi connectivity index (χ4n) is 0. The van der Waals surface area contributed by atoms with E-state index in [9.17, 15) is 0 Å². The topological polar surface area (TPSA) is 0 Å². The Morgan fingerprint density at radius 1 is 1.75 bits per heavy atom. The molecule has 2 radical (unpaired) electrons. The van der Waals surface area contributed by atoms with Crippen molar-refractivity contribution in [2.75, 3.05) is 0 Å². The molecule has 0 heterocycles. The first-order valence-corrected chi connectivity index (χ1v) is 5.14. The molecule has 0 rings (SSSR count). The molecule has 0 nitrogen and oxygen atoms in total. The summed E-state index contributed by atoms with van der Waals surface area (Å²) < 4.78 is 0. The van der Waals surface area contributed by atoms with E-state index in [0.29, 0.717) is 15.4 Å². The predicted octanol–water partition coefficient (Wildman–Crippen LogP) is 1.18. The molecule has 0 N–H and O–H groups in total. The molecule has 0 aliphatic heterocycles. The summed E-state index contributed by atoms with van der Waals surface area (Å²) in [5.41, 5.74) is 0. The van der Waals surface area contributed by atoms with Crippen molar-refractivity contribution in [2.45, 2.75) is 17.9 Å². The van der Waals surface area contributed by atoms with Crippen LogP contribution in [0.25, 0.3) is 0 Å². The fraction of sp³-hybridized carbons (Fsp3) is 1.00. The summed E-state index contributed by atoms with van der Waals surface area (Å²) in [5.74, 6) is 2.31. The van der Waals surface area contributed by atoms with E-state index in [1.165, 1.54) is 5.25 Å². The van der Waals surface area contributed by atoms with Gasteiger partial charge < -0.3 is 0 Å². The Hall–Kier alpha value is 0.543. The standard InChI is InChI=1S/C3H8Ge/c1-3-4-2/h3H2,1-2H3. The second kappa shape index (κ2) is 3.54. The minimum absolute atomic E-state index is 0.514. The van der Waals surface area contributed by atoms with E-state index in [4.69, 9.17) is 0 Å². The van der Waals surface area contributed by atoms with E-state index in [2.05, 4.69) is 12.7 Å². The third-order valence-electron chi connectivity index (χ3n) is 0.354. The number of rotatable bonds is 1. The zero-order valence-electron chi connectivity index (χ0n) is 3.21. The molecule has 0 saturated carbocycles. The molecule has 1 heteroatoms. The zero-order chi connectivity index (χ0) is 3.41. The van der Waals surface area contributed by atoms with Crippen molar-refractivity contribution in [1.29, 1.82) is 0 Å². The number of hydrogen-bond donors (Lipinski definition) is 0. The third-order valence-corrected chi connectivity index (χ3v) is 1.84. The summed E-state index contributed by atoms with van der Waals surface area (Å²) in [6.07, 6.45) is 0. The molecule has 0 unspecified atom stereocenters. The Morgan fingerprint density at radius 2 is 2.00 bits per heavy atom. The van der Waals surface area contributed by atoms with Gasteiger partial charge in [0.15, 0.2) is 0 Å². The van der Waals surface area contributed by atoms with Gasteiger partial charge in [-0.3, -0.25) is 0 Å². The van der Waals surface area contributed by atoms with Crippen LogP contribution in [0.4, 0.5) is 0 Å². The predicted molar refractivity (Wildman–Crippen MR) is 22.1 cm³/mol. The Morgan fingerprint density at radius 3 is 2.00 bits per heavy atom. The first-order valence-electron chi connectivity index (χ1n) is 1.56. The Bertz CT molecular complexity index is 5.25. The summed E-state index contributed by atoms with van der Waals surface area (Å²) in [6.45, 7) is 2.24. The molecule has 0 atom stereocenters. The van der Waals surface area contributed by atoms with Gasteiger partial charge in [-0.1, -0.05) is 0 Å².